The molecule has 2 heterocycles. The number of hydrogen-bond donors (Lipinski definition) is 2. The van der Waals surface area contributed by atoms with Gasteiger partial charge in [0, 0.05) is 29.7 Å². The lowest BCUT2D eigenvalue weighted by atomic mass is 10.1. The maximum absolute atomic E-state index is 11.0. The topological polar surface area (TPSA) is 83.6 Å². The molecule has 0 fully saturated rings. The van der Waals surface area contributed by atoms with Crippen molar-refractivity contribution in [3.8, 4) is 11.3 Å². The molecule has 0 aliphatic carbocycles. The fourth-order valence-corrected chi connectivity index (χ4v) is 1.75. The first-order valence-corrected chi connectivity index (χ1v) is 6.01. The number of anilines is 2. The molecule has 0 saturated carbocycles. The van der Waals surface area contributed by atoms with Crippen molar-refractivity contribution in [1.29, 1.82) is 0 Å². The fourth-order valence-electron chi connectivity index (χ4n) is 1.75. The number of nitrogens with one attached hydrogen (secondary N) is 2. The van der Waals surface area contributed by atoms with E-state index in [2.05, 4.69) is 25.5 Å². The van der Waals surface area contributed by atoms with Crippen molar-refractivity contribution in [2.45, 2.75) is 0 Å². The molecule has 98 valence electrons. The Morgan fingerprint density at radius 2 is 1.85 bits per heavy atom. The van der Waals surface area contributed by atoms with Crippen molar-refractivity contribution in [2.24, 2.45) is 0 Å². The summed E-state index contributed by atoms with van der Waals surface area (Å²) in [6.45, 7) is 0. The van der Waals surface area contributed by atoms with Crippen LogP contribution >= 0.6 is 0 Å². The molecule has 2 aromatic heterocycles. The van der Waals surface area contributed by atoms with Gasteiger partial charge in [-0.05, 0) is 24.3 Å². The van der Waals surface area contributed by atoms with E-state index >= 15 is 0 Å². The van der Waals surface area contributed by atoms with Gasteiger partial charge in [0.2, 0.25) is 5.95 Å². The SMILES string of the molecule is O=c1ccc(-c2cccc(Nc3ncccn3)c2)n[nH]1. The third kappa shape index (κ3) is 2.69. The second-order valence-corrected chi connectivity index (χ2v) is 4.08. The van der Waals surface area contributed by atoms with Crippen LogP contribution in [0.4, 0.5) is 11.6 Å². The molecule has 3 rings (SSSR count). The fraction of sp³-hybridized carbons (Fsp3) is 0. The molecule has 1 aromatic carbocycles. The highest BCUT2D eigenvalue weighted by Crippen LogP contribution is 2.21. The third-order valence-corrected chi connectivity index (χ3v) is 2.66. The summed E-state index contributed by atoms with van der Waals surface area (Å²) in [6, 6.07) is 12.5. The molecule has 3 aromatic rings. The number of aromatic amines is 1. The number of aromatic nitrogens is 4. The molecule has 6 nitrogen and oxygen atoms in total. The monoisotopic (exact) mass is 265 g/mol. The molecular formula is C14H11N5O. The standard InChI is InChI=1S/C14H11N5O/c20-13-6-5-12(18-19-13)10-3-1-4-11(9-10)17-14-15-7-2-8-16-14/h1-9H,(H,19,20)(H,15,16,17). The van der Waals surface area contributed by atoms with Crippen molar-refractivity contribution in [2.75, 3.05) is 5.32 Å². The van der Waals surface area contributed by atoms with E-state index in [4.69, 9.17) is 0 Å². The van der Waals surface area contributed by atoms with E-state index in [9.17, 15) is 4.79 Å². The van der Waals surface area contributed by atoms with Gasteiger partial charge in [0.05, 0.1) is 5.69 Å². The number of H-pyrrole nitrogens is 1. The minimum Gasteiger partial charge on any atom is -0.324 e. The van der Waals surface area contributed by atoms with Crippen LogP contribution in [0.15, 0.2) is 59.7 Å². The quantitative estimate of drug-likeness (QED) is 0.756. The average molecular weight is 265 g/mol. The molecule has 0 atom stereocenters. The zero-order valence-corrected chi connectivity index (χ0v) is 10.4. The predicted molar refractivity (Wildman–Crippen MR) is 75.6 cm³/mol. The van der Waals surface area contributed by atoms with Gasteiger partial charge in [0.1, 0.15) is 0 Å². The summed E-state index contributed by atoms with van der Waals surface area (Å²) in [4.78, 5) is 19.2. The van der Waals surface area contributed by atoms with Crippen LogP contribution < -0.4 is 10.9 Å². The van der Waals surface area contributed by atoms with Gasteiger partial charge >= 0.3 is 0 Å². The van der Waals surface area contributed by atoms with Gasteiger partial charge in [-0.1, -0.05) is 12.1 Å². The Hall–Kier alpha value is -3.02. The van der Waals surface area contributed by atoms with E-state index < -0.39 is 0 Å². The molecule has 0 amide bonds. The summed E-state index contributed by atoms with van der Waals surface area (Å²) in [5, 5.41) is 9.52. The summed E-state index contributed by atoms with van der Waals surface area (Å²) in [5.74, 6) is 0.527. The Labute approximate surface area is 114 Å². The normalized spacial score (nSPS) is 10.2. The highest BCUT2D eigenvalue weighted by Gasteiger charge is 2.02. The summed E-state index contributed by atoms with van der Waals surface area (Å²) < 4.78 is 0. The highest BCUT2D eigenvalue weighted by atomic mass is 16.1. The number of rotatable bonds is 3. The van der Waals surface area contributed by atoms with Crippen LogP contribution in [0.1, 0.15) is 0 Å². The molecule has 6 heteroatoms. The van der Waals surface area contributed by atoms with E-state index in [1.165, 1.54) is 6.07 Å². The first-order valence-electron chi connectivity index (χ1n) is 6.01. The lowest BCUT2D eigenvalue weighted by Gasteiger charge is -2.06. The molecule has 0 saturated heterocycles. The maximum atomic E-state index is 11.0. The first kappa shape index (κ1) is 12.0. The Bertz CT molecular complexity index is 749. The van der Waals surface area contributed by atoms with Gasteiger partial charge < -0.3 is 5.32 Å². The number of nitrogens with zero attached hydrogens (tertiary/aromatic N) is 3. The molecule has 20 heavy (non-hydrogen) atoms. The Morgan fingerprint density at radius 1 is 1.00 bits per heavy atom. The minimum absolute atomic E-state index is 0.222. The lowest BCUT2D eigenvalue weighted by Crippen LogP contribution is -2.05. The van der Waals surface area contributed by atoms with Crippen LogP contribution in [0.2, 0.25) is 0 Å². The van der Waals surface area contributed by atoms with Crippen molar-refractivity contribution in [1.82, 2.24) is 20.2 Å². The van der Waals surface area contributed by atoms with Gasteiger partial charge in [-0.2, -0.15) is 5.10 Å². The zero-order valence-electron chi connectivity index (χ0n) is 10.4. The number of benzene rings is 1. The van der Waals surface area contributed by atoms with E-state index in [-0.39, 0.29) is 5.56 Å². The van der Waals surface area contributed by atoms with E-state index in [1.807, 2.05) is 24.3 Å². The Morgan fingerprint density at radius 3 is 2.60 bits per heavy atom. The maximum Gasteiger partial charge on any atom is 0.264 e. The van der Waals surface area contributed by atoms with Crippen LogP contribution in [0.3, 0.4) is 0 Å². The molecule has 0 aliphatic rings. The van der Waals surface area contributed by atoms with Gasteiger partial charge in [-0.15, -0.1) is 0 Å². The Kier molecular flexibility index (Phi) is 3.20. The molecule has 2 N–H and O–H groups in total. The third-order valence-electron chi connectivity index (χ3n) is 2.66. The van der Waals surface area contributed by atoms with Crippen LogP contribution in [0, 0.1) is 0 Å². The Balaban J connectivity index is 1.90. The molecule has 0 bridgehead atoms. The summed E-state index contributed by atoms with van der Waals surface area (Å²) in [7, 11) is 0. The van der Waals surface area contributed by atoms with E-state index in [0.29, 0.717) is 11.6 Å². The van der Waals surface area contributed by atoms with Gasteiger partial charge in [-0.25, -0.2) is 15.1 Å². The largest absolute Gasteiger partial charge is 0.324 e. The summed E-state index contributed by atoms with van der Waals surface area (Å²) in [6.07, 6.45) is 3.34. The van der Waals surface area contributed by atoms with E-state index in [1.54, 1.807) is 24.5 Å². The minimum atomic E-state index is -0.222. The second kappa shape index (κ2) is 5.31. The van der Waals surface area contributed by atoms with Gasteiger partial charge in [0.15, 0.2) is 0 Å². The number of hydrogen-bond acceptors (Lipinski definition) is 5. The van der Waals surface area contributed by atoms with Crippen molar-refractivity contribution >= 4 is 11.6 Å². The zero-order chi connectivity index (χ0) is 13.8. The average Bonchev–Trinajstić information content (AvgIpc) is 2.49. The van der Waals surface area contributed by atoms with Crippen LogP contribution in [-0.4, -0.2) is 20.2 Å². The highest BCUT2D eigenvalue weighted by molar-refractivity contribution is 5.66. The van der Waals surface area contributed by atoms with Crippen molar-refractivity contribution in [3.63, 3.8) is 0 Å². The second-order valence-electron chi connectivity index (χ2n) is 4.08. The van der Waals surface area contributed by atoms with Crippen molar-refractivity contribution < 1.29 is 0 Å². The van der Waals surface area contributed by atoms with Gasteiger partial charge in [0.25, 0.3) is 5.56 Å². The predicted octanol–water partition coefficient (Wildman–Crippen LogP) is 1.97. The smallest absolute Gasteiger partial charge is 0.264 e. The van der Waals surface area contributed by atoms with Crippen molar-refractivity contribution in [3.05, 3.63) is 65.2 Å². The summed E-state index contributed by atoms with van der Waals surface area (Å²) in [5.41, 5.74) is 2.21. The molecule has 0 radical (unpaired) electrons. The van der Waals surface area contributed by atoms with Crippen LogP contribution in [-0.2, 0) is 0 Å². The van der Waals surface area contributed by atoms with E-state index in [0.717, 1.165) is 11.3 Å². The molecular weight excluding hydrogens is 254 g/mol. The lowest BCUT2D eigenvalue weighted by molar-refractivity contribution is 0.995. The van der Waals surface area contributed by atoms with Crippen LogP contribution in [0.25, 0.3) is 11.3 Å². The first-order chi connectivity index (χ1) is 9.81. The molecule has 0 aliphatic heterocycles. The molecule has 0 unspecified atom stereocenters. The van der Waals surface area contributed by atoms with Gasteiger partial charge in [-0.3, -0.25) is 4.79 Å². The molecule has 0 spiro atoms. The summed E-state index contributed by atoms with van der Waals surface area (Å²) >= 11 is 0. The van der Waals surface area contributed by atoms with Crippen LogP contribution in [0.5, 0.6) is 0 Å².